The van der Waals surface area contributed by atoms with Gasteiger partial charge in [0.25, 0.3) is 0 Å². The summed E-state index contributed by atoms with van der Waals surface area (Å²) >= 11 is 1.70. The zero-order valence-corrected chi connectivity index (χ0v) is 16.4. The largest absolute Gasteiger partial charge is 0.488 e. The van der Waals surface area contributed by atoms with E-state index in [-0.39, 0.29) is 0 Å². The number of benzene rings is 4. The van der Waals surface area contributed by atoms with Crippen molar-refractivity contribution >= 4 is 24.3 Å². The van der Waals surface area contributed by atoms with E-state index in [1.807, 2.05) is 12.1 Å². The fourth-order valence-electron chi connectivity index (χ4n) is 5.04. The van der Waals surface area contributed by atoms with Crippen LogP contribution in [-0.2, 0) is 5.41 Å². The van der Waals surface area contributed by atoms with Gasteiger partial charge in [0.15, 0.2) is 0 Å². The second kappa shape index (κ2) is 6.10. The first kappa shape index (κ1) is 17.1. The van der Waals surface area contributed by atoms with Gasteiger partial charge in [-0.3, -0.25) is 0 Å². The Bertz CT molecular complexity index is 1240. The zero-order valence-electron chi connectivity index (χ0n) is 15.5. The molecule has 1 aliphatic carbocycles. The van der Waals surface area contributed by atoms with Gasteiger partial charge in [0.05, 0.1) is 5.41 Å². The van der Waals surface area contributed by atoms with Gasteiger partial charge in [-0.1, -0.05) is 90.6 Å². The van der Waals surface area contributed by atoms with Crippen LogP contribution in [0.25, 0.3) is 11.1 Å². The topological polar surface area (TPSA) is 40.5 Å². The molecule has 1 heterocycles. The van der Waals surface area contributed by atoms with Crippen LogP contribution in [-0.4, -0.2) is 17.2 Å². The summed E-state index contributed by atoms with van der Waals surface area (Å²) in [5.74, 6) is 0. The molecular formula is C25H17BO2S. The Balaban J connectivity index is 1.79. The maximum atomic E-state index is 9.74. The van der Waals surface area contributed by atoms with Gasteiger partial charge >= 0.3 is 7.12 Å². The second-order valence-electron chi connectivity index (χ2n) is 7.57. The van der Waals surface area contributed by atoms with Crippen molar-refractivity contribution in [1.29, 1.82) is 0 Å². The van der Waals surface area contributed by atoms with Gasteiger partial charge in [0, 0.05) is 9.79 Å². The molecule has 0 bridgehead atoms. The van der Waals surface area contributed by atoms with Gasteiger partial charge in [-0.15, -0.1) is 0 Å². The van der Waals surface area contributed by atoms with Crippen LogP contribution in [0.2, 0.25) is 0 Å². The third-order valence-corrected chi connectivity index (χ3v) is 7.30. The van der Waals surface area contributed by atoms with Crippen molar-refractivity contribution in [2.75, 3.05) is 0 Å². The molecule has 0 radical (unpaired) electrons. The van der Waals surface area contributed by atoms with E-state index < -0.39 is 12.5 Å². The molecular weight excluding hydrogens is 375 g/mol. The van der Waals surface area contributed by atoms with Crippen molar-refractivity contribution in [3.05, 3.63) is 113 Å². The number of rotatable bonds is 1. The smallest absolute Gasteiger partial charge is 0.423 e. The molecule has 0 amide bonds. The van der Waals surface area contributed by atoms with Crippen LogP contribution in [0, 0.1) is 0 Å². The Morgan fingerprint density at radius 2 is 1.14 bits per heavy atom. The Morgan fingerprint density at radius 3 is 1.79 bits per heavy atom. The van der Waals surface area contributed by atoms with Gasteiger partial charge in [-0.25, -0.2) is 0 Å². The normalized spacial score (nSPS) is 14.7. The van der Waals surface area contributed by atoms with E-state index >= 15 is 0 Å². The van der Waals surface area contributed by atoms with Gasteiger partial charge in [-0.2, -0.15) is 0 Å². The molecule has 4 heteroatoms. The van der Waals surface area contributed by atoms with Gasteiger partial charge in [0.1, 0.15) is 0 Å². The molecule has 6 rings (SSSR count). The molecule has 0 aromatic heterocycles. The fourth-order valence-corrected chi connectivity index (χ4v) is 6.28. The quantitative estimate of drug-likeness (QED) is 0.412. The summed E-state index contributed by atoms with van der Waals surface area (Å²) in [6.45, 7) is 0. The predicted molar refractivity (Wildman–Crippen MR) is 118 cm³/mol. The molecule has 0 saturated carbocycles. The molecule has 29 heavy (non-hydrogen) atoms. The zero-order chi connectivity index (χ0) is 19.6. The summed E-state index contributed by atoms with van der Waals surface area (Å²) in [6, 6.07) is 31.7. The summed E-state index contributed by atoms with van der Waals surface area (Å²) in [6.07, 6.45) is 0. The molecule has 2 N–H and O–H groups in total. The van der Waals surface area contributed by atoms with Crippen molar-refractivity contribution < 1.29 is 10.0 Å². The minimum atomic E-state index is -1.47. The molecule has 2 nitrogen and oxygen atoms in total. The molecule has 0 fully saturated rings. The maximum Gasteiger partial charge on any atom is 0.488 e. The molecule has 0 atom stereocenters. The molecule has 1 aliphatic heterocycles. The second-order valence-corrected chi connectivity index (χ2v) is 8.65. The fraction of sp³-hybridized carbons (Fsp3) is 0.0400. The van der Waals surface area contributed by atoms with Gasteiger partial charge in [0.2, 0.25) is 0 Å². The minimum absolute atomic E-state index is 0.400. The molecule has 2 aliphatic rings. The average molecular weight is 392 g/mol. The van der Waals surface area contributed by atoms with Gasteiger partial charge in [-0.05, 0) is 51.0 Å². The third kappa shape index (κ3) is 2.17. The van der Waals surface area contributed by atoms with Crippen LogP contribution in [0.15, 0.2) is 101 Å². The highest BCUT2D eigenvalue weighted by atomic mass is 32.2. The number of fused-ring (bicyclic) bond motifs is 9. The van der Waals surface area contributed by atoms with E-state index in [1.165, 1.54) is 38.3 Å². The monoisotopic (exact) mass is 392 g/mol. The Kier molecular flexibility index (Phi) is 3.60. The van der Waals surface area contributed by atoms with E-state index in [1.54, 1.807) is 11.8 Å². The average Bonchev–Trinajstić information content (AvgIpc) is 3.05. The molecule has 1 spiro atoms. The highest BCUT2D eigenvalue weighted by Gasteiger charge is 2.50. The first-order valence-electron chi connectivity index (χ1n) is 9.68. The lowest BCUT2D eigenvalue weighted by Crippen LogP contribution is -2.35. The molecule has 4 aromatic carbocycles. The first-order chi connectivity index (χ1) is 14.2. The maximum absolute atomic E-state index is 9.74. The van der Waals surface area contributed by atoms with Crippen LogP contribution in [0.5, 0.6) is 0 Å². The third-order valence-electron chi connectivity index (χ3n) is 6.17. The van der Waals surface area contributed by atoms with Crippen molar-refractivity contribution in [3.8, 4) is 11.1 Å². The highest BCUT2D eigenvalue weighted by molar-refractivity contribution is 7.99. The van der Waals surface area contributed by atoms with E-state index in [2.05, 4.69) is 78.9 Å². The minimum Gasteiger partial charge on any atom is -0.423 e. The SMILES string of the molecule is OB(O)c1ccc2c(c1)Sc1ccccc1C21c2ccccc2-c2ccccc21. The lowest BCUT2D eigenvalue weighted by molar-refractivity contribution is 0.425. The standard InChI is InChI=1S/C25H17BO2S/c27-26(28)16-13-14-22-24(15-16)29-23-12-6-5-11-21(23)25(22)19-9-3-1-7-17(19)18-8-2-4-10-20(18)25/h1-15,27-28H. The van der Waals surface area contributed by atoms with E-state index in [0.29, 0.717) is 5.46 Å². The highest BCUT2D eigenvalue weighted by Crippen LogP contribution is 2.61. The van der Waals surface area contributed by atoms with E-state index in [9.17, 15) is 10.0 Å². The summed E-state index contributed by atoms with van der Waals surface area (Å²) in [5, 5.41) is 19.5. The summed E-state index contributed by atoms with van der Waals surface area (Å²) in [7, 11) is -1.47. The van der Waals surface area contributed by atoms with Crippen molar-refractivity contribution in [1.82, 2.24) is 0 Å². The summed E-state index contributed by atoms with van der Waals surface area (Å²) < 4.78 is 0. The van der Waals surface area contributed by atoms with Gasteiger partial charge < -0.3 is 10.0 Å². The lowest BCUT2D eigenvalue weighted by atomic mass is 9.66. The van der Waals surface area contributed by atoms with Crippen LogP contribution >= 0.6 is 11.8 Å². The van der Waals surface area contributed by atoms with Crippen molar-refractivity contribution in [2.24, 2.45) is 0 Å². The predicted octanol–water partition coefficient (Wildman–Crippen LogP) is 4.19. The Morgan fingerprint density at radius 1 is 0.586 bits per heavy atom. The van der Waals surface area contributed by atoms with Crippen molar-refractivity contribution in [3.63, 3.8) is 0 Å². The first-order valence-corrected chi connectivity index (χ1v) is 10.5. The molecule has 0 unspecified atom stereocenters. The van der Waals surface area contributed by atoms with E-state index in [4.69, 9.17) is 0 Å². The van der Waals surface area contributed by atoms with E-state index in [0.717, 1.165) is 4.90 Å². The molecule has 0 saturated heterocycles. The van der Waals surface area contributed by atoms with Crippen LogP contribution in [0.1, 0.15) is 22.3 Å². The lowest BCUT2D eigenvalue weighted by Gasteiger charge is -2.39. The summed E-state index contributed by atoms with van der Waals surface area (Å²) in [4.78, 5) is 2.27. The van der Waals surface area contributed by atoms with Crippen molar-refractivity contribution in [2.45, 2.75) is 15.2 Å². The summed E-state index contributed by atoms with van der Waals surface area (Å²) in [5.41, 5.74) is 7.70. The molecule has 4 aromatic rings. The number of hydrogen-bond acceptors (Lipinski definition) is 3. The van der Waals surface area contributed by atoms with Crippen LogP contribution in [0.4, 0.5) is 0 Å². The molecule has 138 valence electrons. The van der Waals surface area contributed by atoms with Crippen LogP contribution in [0.3, 0.4) is 0 Å². The Hall–Kier alpha value is -2.79. The Labute approximate surface area is 174 Å². The number of hydrogen-bond donors (Lipinski definition) is 2. The van der Waals surface area contributed by atoms with Crippen LogP contribution < -0.4 is 5.46 Å².